The van der Waals surface area contributed by atoms with Crippen molar-refractivity contribution in [3.8, 4) is 44.9 Å². The molecule has 11 rings (SSSR count). The maximum Gasteiger partial charge on any atom is 0.161 e. The van der Waals surface area contributed by atoms with E-state index < -0.39 is 0 Å². The normalized spacial score (nSPS) is 11.8. The lowest BCUT2D eigenvalue weighted by molar-refractivity contribution is 0.670. The highest BCUT2D eigenvalue weighted by Gasteiger charge is 2.21. The molecule has 0 radical (unpaired) electrons. The van der Waals surface area contributed by atoms with Gasteiger partial charge in [0.1, 0.15) is 11.2 Å². The fourth-order valence-electron chi connectivity index (χ4n) is 7.71. The second-order valence-corrected chi connectivity index (χ2v) is 14.4. The summed E-state index contributed by atoms with van der Waals surface area (Å²) in [4.78, 5) is 10.7. The minimum absolute atomic E-state index is 0.689. The molecule has 3 aromatic heterocycles. The fraction of sp³-hybridized carbons (Fsp3) is 0. The summed E-state index contributed by atoms with van der Waals surface area (Å²) in [7, 11) is 0. The van der Waals surface area contributed by atoms with Gasteiger partial charge in [-0.05, 0) is 62.5 Å². The first kappa shape index (κ1) is 29.1. The van der Waals surface area contributed by atoms with Crippen LogP contribution in [0.2, 0.25) is 0 Å². The predicted molar refractivity (Wildman–Crippen MR) is 219 cm³/mol. The van der Waals surface area contributed by atoms with E-state index in [1.54, 1.807) is 11.3 Å². The van der Waals surface area contributed by atoms with Gasteiger partial charge in [0.25, 0.3) is 0 Å². The molecule has 0 saturated carbocycles. The van der Waals surface area contributed by atoms with Crippen molar-refractivity contribution in [1.29, 1.82) is 0 Å². The first-order valence-electron chi connectivity index (χ1n) is 17.5. The van der Waals surface area contributed by atoms with E-state index in [1.165, 1.54) is 37.4 Å². The quantitative estimate of drug-likeness (QED) is 0.186. The fourth-order valence-corrected chi connectivity index (χ4v) is 8.87. The molecule has 0 fully saturated rings. The van der Waals surface area contributed by atoms with Crippen molar-refractivity contribution in [1.82, 2.24) is 9.97 Å². The first-order valence-corrected chi connectivity index (χ1v) is 18.3. The SMILES string of the molecule is c1ccc2cc(-c3ccc(-c4nc(-c5cccc6oc7c(-c8ccc9ccccc9c8)cccc7c56)nc5c4sc4ccccc45)cc3)ccc2c1. The lowest BCUT2D eigenvalue weighted by atomic mass is 9.98. The van der Waals surface area contributed by atoms with Gasteiger partial charge in [-0.25, -0.2) is 9.97 Å². The molecule has 0 atom stereocenters. The minimum atomic E-state index is 0.689. The Labute approximate surface area is 303 Å². The maximum absolute atomic E-state index is 6.70. The second-order valence-electron chi connectivity index (χ2n) is 13.3. The number of aromatic nitrogens is 2. The number of hydrogen-bond acceptors (Lipinski definition) is 4. The van der Waals surface area contributed by atoms with Crippen LogP contribution in [0, 0.1) is 0 Å². The standard InChI is InChI=1S/C48H28N2OS/c1-3-11-33-27-35(25-21-29(33)9-1)31-19-23-32(24-20-31)44-47-45(38-13-5-6-18-42(38)52-47)50-48(49-44)40-16-8-17-41-43(40)39-15-7-14-37(46(39)51-41)36-26-22-30-10-2-4-12-34(30)28-36/h1-28H. The first-order chi connectivity index (χ1) is 25.7. The largest absolute Gasteiger partial charge is 0.455 e. The Morgan fingerprint density at radius 2 is 1.06 bits per heavy atom. The van der Waals surface area contributed by atoms with Gasteiger partial charge >= 0.3 is 0 Å². The van der Waals surface area contributed by atoms with Crippen LogP contribution < -0.4 is 0 Å². The van der Waals surface area contributed by atoms with Gasteiger partial charge in [0.15, 0.2) is 5.82 Å². The Morgan fingerprint density at radius 3 is 1.87 bits per heavy atom. The third-order valence-electron chi connectivity index (χ3n) is 10.3. The molecular weight excluding hydrogens is 653 g/mol. The molecule has 0 aliphatic heterocycles. The Morgan fingerprint density at radius 1 is 0.442 bits per heavy atom. The highest BCUT2D eigenvalue weighted by Crippen LogP contribution is 2.43. The monoisotopic (exact) mass is 680 g/mol. The Balaban J connectivity index is 1.10. The Bertz CT molecular complexity index is 3190. The summed E-state index contributed by atoms with van der Waals surface area (Å²) in [5.41, 5.74) is 10.2. The van der Waals surface area contributed by atoms with E-state index >= 15 is 0 Å². The Kier molecular flexibility index (Phi) is 6.42. The van der Waals surface area contributed by atoms with Crippen LogP contribution in [0.25, 0.3) is 109 Å². The molecule has 3 heterocycles. The molecule has 3 nitrogen and oxygen atoms in total. The molecule has 0 saturated heterocycles. The van der Waals surface area contributed by atoms with Crippen molar-refractivity contribution in [2.45, 2.75) is 0 Å². The molecule has 4 heteroatoms. The number of benzene rings is 8. The second kappa shape index (κ2) is 11.5. The summed E-state index contributed by atoms with van der Waals surface area (Å²) >= 11 is 1.75. The van der Waals surface area contributed by atoms with E-state index in [2.05, 4.69) is 158 Å². The lowest BCUT2D eigenvalue weighted by Gasteiger charge is -2.10. The third kappa shape index (κ3) is 4.58. The highest BCUT2D eigenvalue weighted by molar-refractivity contribution is 7.26. The maximum atomic E-state index is 6.70. The topological polar surface area (TPSA) is 38.9 Å². The number of thiophene rings is 1. The molecule has 11 aromatic rings. The van der Waals surface area contributed by atoms with Crippen molar-refractivity contribution < 1.29 is 4.42 Å². The third-order valence-corrected chi connectivity index (χ3v) is 11.5. The number of fused-ring (bicyclic) bond motifs is 8. The van der Waals surface area contributed by atoms with Crippen LogP contribution in [0.1, 0.15) is 0 Å². The molecule has 0 aliphatic rings. The summed E-state index contributed by atoms with van der Waals surface area (Å²) in [6.07, 6.45) is 0. The van der Waals surface area contributed by atoms with Crippen molar-refractivity contribution >= 4 is 75.1 Å². The van der Waals surface area contributed by atoms with Crippen LogP contribution in [0.4, 0.5) is 0 Å². The summed E-state index contributed by atoms with van der Waals surface area (Å²) in [6.45, 7) is 0. The van der Waals surface area contributed by atoms with Crippen molar-refractivity contribution in [2.75, 3.05) is 0 Å². The van der Waals surface area contributed by atoms with Crippen LogP contribution >= 0.6 is 11.3 Å². The van der Waals surface area contributed by atoms with Crippen molar-refractivity contribution in [2.24, 2.45) is 0 Å². The average molecular weight is 681 g/mol. The predicted octanol–water partition coefficient (Wildman–Crippen LogP) is 13.7. The smallest absolute Gasteiger partial charge is 0.161 e. The summed E-state index contributed by atoms with van der Waals surface area (Å²) < 4.78 is 8.99. The number of hydrogen-bond donors (Lipinski definition) is 0. The van der Waals surface area contributed by atoms with E-state index in [9.17, 15) is 0 Å². The van der Waals surface area contributed by atoms with Crippen LogP contribution in [0.5, 0.6) is 0 Å². The summed E-state index contributed by atoms with van der Waals surface area (Å²) in [6, 6.07) is 60.2. The van der Waals surface area contributed by atoms with Gasteiger partial charge in [0.2, 0.25) is 0 Å². The zero-order valence-electron chi connectivity index (χ0n) is 27.9. The molecule has 8 aromatic carbocycles. The summed E-state index contributed by atoms with van der Waals surface area (Å²) in [5, 5.41) is 8.13. The van der Waals surface area contributed by atoms with Crippen LogP contribution in [0.15, 0.2) is 174 Å². The number of furan rings is 1. The van der Waals surface area contributed by atoms with Gasteiger partial charge in [0, 0.05) is 37.5 Å². The molecule has 0 unspecified atom stereocenters. The van der Waals surface area contributed by atoms with Crippen LogP contribution in [0.3, 0.4) is 0 Å². The van der Waals surface area contributed by atoms with Gasteiger partial charge in [-0.1, -0.05) is 146 Å². The lowest BCUT2D eigenvalue weighted by Crippen LogP contribution is -1.94. The molecule has 52 heavy (non-hydrogen) atoms. The van der Waals surface area contributed by atoms with Crippen molar-refractivity contribution in [3.05, 3.63) is 170 Å². The number of nitrogens with zero attached hydrogens (tertiary/aromatic N) is 2. The van der Waals surface area contributed by atoms with Crippen LogP contribution in [-0.4, -0.2) is 9.97 Å². The van der Waals surface area contributed by atoms with Crippen LogP contribution in [-0.2, 0) is 0 Å². The van der Waals surface area contributed by atoms with Gasteiger partial charge in [-0.15, -0.1) is 11.3 Å². The molecule has 0 N–H and O–H groups in total. The molecule has 242 valence electrons. The Hall–Kier alpha value is -6.62. The molecule has 0 amide bonds. The molecule has 0 bridgehead atoms. The summed E-state index contributed by atoms with van der Waals surface area (Å²) in [5.74, 6) is 0.689. The molecular formula is C48H28N2OS. The van der Waals surface area contributed by atoms with Gasteiger partial charge in [-0.2, -0.15) is 0 Å². The van der Waals surface area contributed by atoms with E-state index in [1.807, 2.05) is 12.1 Å². The molecule has 0 spiro atoms. The van der Waals surface area contributed by atoms with Crippen molar-refractivity contribution in [3.63, 3.8) is 0 Å². The zero-order valence-corrected chi connectivity index (χ0v) is 28.7. The van der Waals surface area contributed by atoms with E-state index in [-0.39, 0.29) is 0 Å². The van der Waals surface area contributed by atoms with E-state index in [0.717, 1.165) is 65.5 Å². The van der Waals surface area contributed by atoms with E-state index in [4.69, 9.17) is 14.4 Å². The molecule has 0 aliphatic carbocycles. The van der Waals surface area contributed by atoms with Gasteiger partial charge in [0.05, 0.1) is 15.9 Å². The van der Waals surface area contributed by atoms with E-state index in [0.29, 0.717) is 5.82 Å². The highest BCUT2D eigenvalue weighted by atomic mass is 32.1. The number of para-hydroxylation sites is 1. The van der Waals surface area contributed by atoms with Gasteiger partial charge < -0.3 is 4.42 Å². The minimum Gasteiger partial charge on any atom is -0.455 e. The number of rotatable bonds is 4. The average Bonchev–Trinajstić information content (AvgIpc) is 3.79. The van der Waals surface area contributed by atoms with Gasteiger partial charge in [-0.3, -0.25) is 0 Å². The zero-order chi connectivity index (χ0) is 34.2.